The number of rotatable bonds is 4. The summed E-state index contributed by atoms with van der Waals surface area (Å²) in [7, 11) is 0. The summed E-state index contributed by atoms with van der Waals surface area (Å²) in [5.74, 6) is -0.924. The summed E-state index contributed by atoms with van der Waals surface area (Å²) in [6.45, 7) is 11.6. The van der Waals surface area contributed by atoms with Crippen LogP contribution in [0, 0.1) is 17.3 Å². The maximum absolute atomic E-state index is 12.8. The first-order valence-corrected chi connectivity index (χ1v) is 10.4. The Kier molecular flexibility index (Phi) is 8.34. The Balaban J connectivity index is 0.000000370. The molecule has 3 aliphatic rings. The number of halogens is 3. The molecule has 3 saturated heterocycles. The molecule has 6 nitrogen and oxygen atoms in total. The minimum atomic E-state index is -5.08. The van der Waals surface area contributed by atoms with Gasteiger partial charge in [0.25, 0.3) is 0 Å². The van der Waals surface area contributed by atoms with Crippen molar-refractivity contribution in [2.75, 3.05) is 45.9 Å². The number of carboxylic acid groups (broad SMARTS) is 1. The van der Waals surface area contributed by atoms with Crippen LogP contribution < -0.4 is 0 Å². The van der Waals surface area contributed by atoms with E-state index in [-0.39, 0.29) is 5.41 Å². The van der Waals surface area contributed by atoms with Gasteiger partial charge in [-0.05, 0) is 57.0 Å². The number of hydrogen-bond donors (Lipinski definition) is 1. The number of carbonyl (C=O) groups is 2. The zero-order chi connectivity index (χ0) is 21.7. The van der Waals surface area contributed by atoms with Crippen LogP contribution in [0.2, 0.25) is 0 Å². The molecule has 3 rings (SSSR count). The van der Waals surface area contributed by atoms with Crippen molar-refractivity contribution in [3.8, 4) is 0 Å². The predicted octanol–water partition coefficient (Wildman–Crippen LogP) is 3.02. The minimum absolute atomic E-state index is 0.0128. The van der Waals surface area contributed by atoms with E-state index in [1.165, 1.54) is 19.4 Å². The van der Waals surface area contributed by atoms with E-state index in [9.17, 15) is 18.0 Å². The lowest BCUT2D eigenvalue weighted by Gasteiger charge is -2.39. The number of carboxylic acids is 1. The molecule has 0 aromatic heterocycles. The number of likely N-dealkylation sites (tertiary alicyclic amines) is 2. The normalized spacial score (nSPS) is 23.4. The largest absolute Gasteiger partial charge is 0.490 e. The van der Waals surface area contributed by atoms with Crippen LogP contribution in [-0.2, 0) is 14.3 Å². The third kappa shape index (κ3) is 6.84. The smallest absolute Gasteiger partial charge is 0.475 e. The van der Waals surface area contributed by atoms with Crippen LogP contribution in [0.5, 0.6) is 0 Å². The Morgan fingerprint density at radius 1 is 1.17 bits per heavy atom. The summed E-state index contributed by atoms with van der Waals surface area (Å²) in [5, 5.41) is 7.12. The lowest BCUT2D eigenvalue weighted by Crippen LogP contribution is -2.46. The van der Waals surface area contributed by atoms with Gasteiger partial charge in [-0.15, -0.1) is 0 Å². The van der Waals surface area contributed by atoms with E-state index in [2.05, 4.69) is 23.6 Å². The van der Waals surface area contributed by atoms with E-state index in [0.717, 1.165) is 64.6 Å². The van der Waals surface area contributed by atoms with Gasteiger partial charge < -0.3 is 19.6 Å². The average Bonchev–Trinajstić information content (AvgIpc) is 2.94. The number of amides is 1. The molecule has 0 unspecified atom stereocenters. The van der Waals surface area contributed by atoms with Gasteiger partial charge in [-0.25, -0.2) is 4.79 Å². The van der Waals surface area contributed by atoms with Crippen LogP contribution in [0.25, 0.3) is 0 Å². The van der Waals surface area contributed by atoms with Crippen LogP contribution in [0.15, 0.2) is 0 Å². The quantitative estimate of drug-likeness (QED) is 0.754. The van der Waals surface area contributed by atoms with Crippen molar-refractivity contribution in [1.29, 1.82) is 0 Å². The molecule has 168 valence electrons. The van der Waals surface area contributed by atoms with Crippen molar-refractivity contribution in [3.63, 3.8) is 0 Å². The van der Waals surface area contributed by atoms with Crippen LogP contribution in [0.1, 0.15) is 46.0 Å². The topological polar surface area (TPSA) is 70.1 Å². The highest BCUT2D eigenvalue weighted by Crippen LogP contribution is 2.42. The second-order valence-electron chi connectivity index (χ2n) is 8.83. The predicted molar refractivity (Wildman–Crippen MR) is 101 cm³/mol. The summed E-state index contributed by atoms with van der Waals surface area (Å²) in [6, 6.07) is 0. The lowest BCUT2D eigenvalue weighted by atomic mass is 9.77. The van der Waals surface area contributed by atoms with Gasteiger partial charge in [0, 0.05) is 32.8 Å². The SMILES string of the molecule is CC(C)CN1CCC2(CCN(CC3CCOCC3)CC2)C1=O.O=C(O)C(F)(F)F. The monoisotopic (exact) mass is 422 g/mol. The zero-order valence-electron chi connectivity index (χ0n) is 17.3. The molecular formula is C20H33F3N2O4. The van der Waals surface area contributed by atoms with E-state index >= 15 is 0 Å². The van der Waals surface area contributed by atoms with Crippen molar-refractivity contribution < 1.29 is 32.6 Å². The lowest BCUT2D eigenvalue weighted by molar-refractivity contribution is -0.192. The van der Waals surface area contributed by atoms with E-state index in [1.54, 1.807) is 0 Å². The zero-order valence-corrected chi connectivity index (χ0v) is 17.3. The molecule has 29 heavy (non-hydrogen) atoms. The van der Waals surface area contributed by atoms with Crippen molar-refractivity contribution in [3.05, 3.63) is 0 Å². The number of aliphatic carboxylic acids is 1. The van der Waals surface area contributed by atoms with E-state index in [4.69, 9.17) is 14.6 Å². The molecule has 0 atom stereocenters. The van der Waals surface area contributed by atoms with Crippen molar-refractivity contribution in [1.82, 2.24) is 9.80 Å². The summed E-state index contributed by atoms with van der Waals surface area (Å²) in [4.78, 5) is 26.4. The fraction of sp³-hybridized carbons (Fsp3) is 0.900. The molecule has 3 fully saturated rings. The highest BCUT2D eigenvalue weighted by molar-refractivity contribution is 5.85. The standard InChI is InChI=1S/C18H32N2O2.C2HF3O2/c1-15(2)13-20-10-7-18(17(20)21)5-8-19(9-6-18)14-16-3-11-22-12-4-16;3-2(4,5)1(6)7/h15-16H,3-14H2,1-2H3;(H,6,7). The molecule has 1 spiro atoms. The van der Waals surface area contributed by atoms with Crippen LogP contribution >= 0.6 is 0 Å². The van der Waals surface area contributed by atoms with Gasteiger partial charge in [0.15, 0.2) is 0 Å². The van der Waals surface area contributed by atoms with Crippen LogP contribution in [0.4, 0.5) is 13.2 Å². The summed E-state index contributed by atoms with van der Waals surface area (Å²) < 4.78 is 37.2. The van der Waals surface area contributed by atoms with Gasteiger partial charge in [0.05, 0.1) is 5.41 Å². The van der Waals surface area contributed by atoms with Crippen molar-refractivity contribution in [2.24, 2.45) is 17.3 Å². The van der Waals surface area contributed by atoms with Crippen LogP contribution in [0.3, 0.4) is 0 Å². The summed E-state index contributed by atoms with van der Waals surface area (Å²) >= 11 is 0. The molecule has 1 amide bonds. The second kappa shape index (κ2) is 10.1. The first-order chi connectivity index (χ1) is 13.5. The molecule has 9 heteroatoms. The third-order valence-corrected chi connectivity index (χ3v) is 6.10. The van der Waals surface area contributed by atoms with Gasteiger partial charge in [0.2, 0.25) is 5.91 Å². The molecule has 0 aromatic rings. The number of alkyl halides is 3. The molecule has 0 aliphatic carbocycles. The van der Waals surface area contributed by atoms with E-state index < -0.39 is 12.1 Å². The van der Waals surface area contributed by atoms with Gasteiger partial charge in [-0.2, -0.15) is 13.2 Å². The summed E-state index contributed by atoms with van der Waals surface area (Å²) in [6.07, 6.45) is 0.572. The molecular weight excluding hydrogens is 389 g/mol. The number of hydrogen-bond acceptors (Lipinski definition) is 4. The molecule has 3 aliphatic heterocycles. The molecule has 0 aromatic carbocycles. The van der Waals surface area contributed by atoms with Gasteiger partial charge in [-0.3, -0.25) is 4.79 Å². The maximum Gasteiger partial charge on any atom is 0.490 e. The van der Waals surface area contributed by atoms with Crippen molar-refractivity contribution >= 4 is 11.9 Å². The Bertz CT molecular complexity index is 554. The molecule has 0 saturated carbocycles. The Morgan fingerprint density at radius 2 is 1.69 bits per heavy atom. The first-order valence-electron chi connectivity index (χ1n) is 10.4. The molecule has 1 N–H and O–H groups in total. The van der Waals surface area contributed by atoms with E-state index in [1.807, 2.05) is 0 Å². The maximum atomic E-state index is 12.8. The highest BCUT2D eigenvalue weighted by Gasteiger charge is 2.48. The summed E-state index contributed by atoms with van der Waals surface area (Å²) in [5.41, 5.74) is -0.0128. The van der Waals surface area contributed by atoms with E-state index in [0.29, 0.717) is 11.8 Å². The fourth-order valence-electron chi connectivity index (χ4n) is 4.43. The van der Waals surface area contributed by atoms with Gasteiger partial charge >= 0.3 is 12.1 Å². The third-order valence-electron chi connectivity index (χ3n) is 6.10. The second-order valence-corrected chi connectivity index (χ2v) is 8.83. The van der Waals surface area contributed by atoms with Crippen LogP contribution in [-0.4, -0.2) is 78.9 Å². The average molecular weight is 422 g/mol. The Morgan fingerprint density at radius 3 is 2.17 bits per heavy atom. The number of nitrogens with zero attached hydrogens (tertiary/aromatic N) is 2. The fourth-order valence-corrected chi connectivity index (χ4v) is 4.43. The number of ether oxygens (including phenoxy) is 1. The number of piperidine rings is 1. The molecule has 3 heterocycles. The first kappa shape index (κ1) is 23.9. The Labute approximate surface area is 170 Å². The highest BCUT2D eigenvalue weighted by atomic mass is 19.4. The molecule has 0 bridgehead atoms. The minimum Gasteiger partial charge on any atom is -0.475 e. The molecule has 0 radical (unpaired) electrons. The number of carbonyl (C=O) groups excluding carboxylic acids is 1. The Hall–Kier alpha value is -1.35. The van der Waals surface area contributed by atoms with Gasteiger partial charge in [0.1, 0.15) is 0 Å². The van der Waals surface area contributed by atoms with Crippen molar-refractivity contribution in [2.45, 2.75) is 52.1 Å². The van der Waals surface area contributed by atoms with Gasteiger partial charge in [-0.1, -0.05) is 13.8 Å².